The van der Waals surface area contributed by atoms with Gasteiger partial charge in [-0.05, 0) is 48.7 Å². The zero-order valence-electron chi connectivity index (χ0n) is 14.6. The van der Waals surface area contributed by atoms with E-state index in [0.717, 1.165) is 12.2 Å². The molecule has 2 aromatic rings. The van der Waals surface area contributed by atoms with Crippen molar-refractivity contribution in [2.75, 3.05) is 32.6 Å². The number of aromatic nitrogens is 1. The molecule has 3 rings (SSSR count). The minimum absolute atomic E-state index is 0.0285. The first-order chi connectivity index (χ1) is 11.5. The van der Waals surface area contributed by atoms with Gasteiger partial charge in [0.05, 0.1) is 18.7 Å². The summed E-state index contributed by atoms with van der Waals surface area (Å²) in [6.07, 6.45) is 2.55. The van der Waals surface area contributed by atoms with Gasteiger partial charge in [0.15, 0.2) is 0 Å². The van der Waals surface area contributed by atoms with Gasteiger partial charge in [-0.1, -0.05) is 6.07 Å². The molecule has 1 atom stereocenters. The summed E-state index contributed by atoms with van der Waals surface area (Å²) < 4.78 is 5.31. The summed E-state index contributed by atoms with van der Waals surface area (Å²) >= 11 is 0. The summed E-state index contributed by atoms with van der Waals surface area (Å²) in [5.74, 6) is 1.60. The van der Waals surface area contributed by atoms with Crippen LogP contribution >= 0.6 is 0 Å². The van der Waals surface area contributed by atoms with Crippen molar-refractivity contribution < 1.29 is 9.53 Å². The average molecular weight is 325 g/mol. The number of ether oxygens (including phenoxy) is 1. The topological polar surface area (TPSA) is 45.7 Å². The lowest BCUT2D eigenvalue weighted by Gasteiger charge is -2.36. The molecule has 1 aliphatic rings. The van der Waals surface area contributed by atoms with Gasteiger partial charge in [0.25, 0.3) is 5.91 Å². The highest BCUT2D eigenvalue weighted by Gasteiger charge is 2.30. The zero-order chi connectivity index (χ0) is 17.3. The Morgan fingerprint density at radius 1 is 1.33 bits per heavy atom. The third kappa shape index (κ3) is 2.82. The third-order valence-corrected chi connectivity index (χ3v) is 4.59. The summed E-state index contributed by atoms with van der Waals surface area (Å²) in [5, 5.41) is 0. The molecule has 2 heterocycles. The van der Waals surface area contributed by atoms with Crippen LogP contribution in [-0.2, 0) is 6.42 Å². The molecule has 0 N–H and O–H groups in total. The van der Waals surface area contributed by atoms with Crippen LogP contribution in [0.5, 0.6) is 5.75 Å². The summed E-state index contributed by atoms with van der Waals surface area (Å²) in [5.41, 5.74) is 3.09. The molecule has 5 nitrogen and oxygen atoms in total. The molecule has 5 heteroatoms. The average Bonchev–Trinajstić information content (AvgIpc) is 2.61. The Morgan fingerprint density at radius 3 is 2.83 bits per heavy atom. The maximum Gasteiger partial charge on any atom is 0.258 e. The molecule has 0 bridgehead atoms. The van der Waals surface area contributed by atoms with E-state index in [1.54, 1.807) is 13.3 Å². The van der Waals surface area contributed by atoms with Crippen molar-refractivity contribution in [3.63, 3.8) is 0 Å². The second-order valence-electron chi connectivity index (χ2n) is 6.26. The van der Waals surface area contributed by atoms with Crippen LogP contribution in [0.4, 0.5) is 5.82 Å². The lowest BCUT2D eigenvalue weighted by atomic mass is 9.92. The largest absolute Gasteiger partial charge is 0.497 e. The fourth-order valence-electron chi connectivity index (χ4n) is 3.29. The molecule has 126 valence electrons. The van der Waals surface area contributed by atoms with Gasteiger partial charge in [-0.25, -0.2) is 4.98 Å². The number of hydrogen-bond acceptors (Lipinski definition) is 4. The number of benzene rings is 1. The van der Waals surface area contributed by atoms with Crippen LogP contribution in [0.3, 0.4) is 0 Å². The minimum atomic E-state index is 0.0285. The Hall–Kier alpha value is -2.56. The fraction of sp³-hybridized carbons (Fsp3) is 0.368. The number of pyridine rings is 1. The van der Waals surface area contributed by atoms with Crippen molar-refractivity contribution in [3.8, 4) is 5.75 Å². The molecular weight excluding hydrogens is 302 g/mol. The molecule has 0 saturated carbocycles. The summed E-state index contributed by atoms with van der Waals surface area (Å²) in [4.78, 5) is 21.3. The molecule has 0 fully saturated rings. The first-order valence-corrected chi connectivity index (χ1v) is 8.13. The number of rotatable bonds is 3. The van der Waals surface area contributed by atoms with E-state index in [9.17, 15) is 4.79 Å². The van der Waals surface area contributed by atoms with Crippen LogP contribution in [0.15, 0.2) is 36.5 Å². The van der Waals surface area contributed by atoms with Crippen LogP contribution in [0.25, 0.3) is 0 Å². The van der Waals surface area contributed by atoms with Crippen molar-refractivity contribution in [1.29, 1.82) is 0 Å². The number of fused-ring (bicyclic) bond motifs is 1. The molecule has 1 aliphatic heterocycles. The maximum absolute atomic E-state index is 13.1. The van der Waals surface area contributed by atoms with E-state index in [2.05, 4.69) is 24.0 Å². The number of amides is 1. The molecule has 0 radical (unpaired) electrons. The smallest absolute Gasteiger partial charge is 0.258 e. The van der Waals surface area contributed by atoms with Gasteiger partial charge in [0, 0.05) is 26.8 Å². The summed E-state index contributed by atoms with van der Waals surface area (Å²) in [6.45, 7) is 2.77. The predicted molar refractivity (Wildman–Crippen MR) is 94.7 cm³/mol. The molecule has 0 spiro atoms. The lowest BCUT2D eigenvalue weighted by Crippen LogP contribution is -2.39. The Bertz CT molecular complexity index is 758. The number of anilines is 1. The SMILES string of the molecule is COc1ccc2c(c1)CCN(C(=O)c1cccnc1N(C)C)C2C. The van der Waals surface area contributed by atoms with Crippen molar-refractivity contribution in [2.45, 2.75) is 19.4 Å². The normalized spacial score (nSPS) is 16.5. The van der Waals surface area contributed by atoms with Gasteiger partial charge in [-0.15, -0.1) is 0 Å². The highest BCUT2D eigenvalue weighted by Crippen LogP contribution is 2.33. The van der Waals surface area contributed by atoms with Gasteiger partial charge >= 0.3 is 0 Å². The Labute approximate surface area is 142 Å². The summed E-state index contributed by atoms with van der Waals surface area (Å²) in [7, 11) is 5.48. The Morgan fingerprint density at radius 2 is 2.12 bits per heavy atom. The van der Waals surface area contributed by atoms with Crippen molar-refractivity contribution in [2.24, 2.45) is 0 Å². The molecule has 1 aromatic carbocycles. The van der Waals surface area contributed by atoms with Crippen molar-refractivity contribution in [3.05, 3.63) is 53.2 Å². The number of nitrogens with zero attached hydrogens (tertiary/aromatic N) is 3. The van der Waals surface area contributed by atoms with E-state index in [1.165, 1.54) is 11.1 Å². The van der Waals surface area contributed by atoms with E-state index >= 15 is 0 Å². The monoisotopic (exact) mass is 325 g/mol. The van der Waals surface area contributed by atoms with Crippen molar-refractivity contribution >= 4 is 11.7 Å². The number of hydrogen-bond donors (Lipinski definition) is 0. The van der Waals surface area contributed by atoms with Crippen LogP contribution < -0.4 is 9.64 Å². The molecule has 0 saturated heterocycles. The number of methoxy groups -OCH3 is 1. The molecule has 1 amide bonds. The second kappa shape index (κ2) is 6.51. The van der Waals surface area contributed by atoms with Gasteiger partial charge in [-0.3, -0.25) is 4.79 Å². The molecule has 1 aromatic heterocycles. The molecular formula is C19H23N3O2. The van der Waals surface area contributed by atoms with E-state index < -0.39 is 0 Å². The number of carbonyl (C=O) groups excluding carboxylic acids is 1. The highest BCUT2D eigenvalue weighted by molar-refractivity contribution is 5.99. The second-order valence-corrected chi connectivity index (χ2v) is 6.26. The minimum Gasteiger partial charge on any atom is -0.497 e. The standard InChI is InChI=1S/C19H23N3O2/c1-13-16-8-7-15(24-4)12-14(16)9-11-22(13)19(23)17-6-5-10-20-18(17)21(2)3/h5-8,10,12-13H,9,11H2,1-4H3. The number of carbonyl (C=O) groups is 1. The van der Waals surface area contributed by atoms with Gasteiger partial charge < -0.3 is 14.5 Å². The van der Waals surface area contributed by atoms with E-state index in [0.29, 0.717) is 17.9 Å². The van der Waals surface area contributed by atoms with Crippen LogP contribution in [0, 0.1) is 0 Å². The van der Waals surface area contributed by atoms with E-state index in [1.807, 2.05) is 42.1 Å². The third-order valence-electron chi connectivity index (χ3n) is 4.59. The first-order valence-electron chi connectivity index (χ1n) is 8.13. The van der Waals surface area contributed by atoms with Crippen LogP contribution in [-0.4, -0.2) is 43.5 Å². The Kier molecular flexibility index (Phi) is 4.42. The predicted octanol–water partition coefficient (Wildman–Crippen LogP) is 2.92. The van der Waals surface area contributed by atoms with Crippen LogP contribution in [0.2, 0.25) is 0 Å². The van der Waals surface area contributed by atoms with Crippen LogP contribution in [0.1, 0.15) is 34.5 Å². The molecule has 24 heavy (non-hydrogen) atoms. The van der Waals surface area contributed by atoms with E-state index in [4.69, 9.17) is 4.74 Å². The maximum atomic E-state index is 13.1. The molecule has 1 unspecified atom stereocenters. The Balaban J connectivity index is 1.92. The summed E-state index contributed by atoms with van der Waals surface area (Å²) in [6, 6.07) is 9.78. The fourth-order valence-corrected chi connectivity index (χ4v) is 3.29. The first kappa shape index (κ1) is 16.3. The molecule has 0 aliphatic carbocycles. The van der Waals surface area contributed by atoms with Gasteiger partial charge in [0.2, 0.25) is 0 Å². The van der Waals surface area contributed by atoms with E-state index in [-0.39, 0.29) is 11.9 Å². The highest BCUT2D eigenvalue weighted by atomic mass is 16.5. The van der Waals surface area contributed by atoms with Crippen molar-refractivity contribution in [1.82, 2.24) is 9.88 Å². The zero-order valence-corrected chi connectivity index (χ0v) is 14.6. The van der Waals surface area contributed by atoms with Gasteiger partial charge in [-0.2, -0.15) is 0 Å². The quantitative estimate of drug-likeness (QED) is 0.870. The van der Waals surface area contributed by atoms with Gasteiger partial charge in [0.1, 0.15) is 11.6 Å². The lowest BCUT2D eigenvalue weighted by molar-refractivity contribution is 0.0678.